The van der Waals surface area contributed by atoms with Crippen LogP contribution in [0.1, 0.15) is 16.9 Å². The number of furan rings is 1. The summed E-state index contributed by atoms with van der Waals surface area (Å²) in [6, 6.07) is 17.6. The van der Waals surface area contributed by atoms with Gasteiger partial charge in [-0.3, -0.25) is 0 Å². The fourth-order valence-electron chi connectivity index (χ4n) is 2.49. The second-order valence-corrected chi connectivity index (χ2v) is 5.97. The van der Waals surface area contributed by atoms with Gasteiger partial charge in [0, 0.05) is 6.54 Å². The zero-order valence-corrected chi connectivity index (χ0v) is 14.8. The monoisotopic (exact) mass is 357 g/mol. The third-order valence-corrected chi connectivity index (χ3v) is 4.00. The van der Waals surface area contributed by atoms with Crippen LogP contribution in [-0.2, 0) is 19.7 Å². The van der Waals surface area contributed by atoms with Crippen LogP contribution in [0.25, 0.3) is 0 Å². The summed E-state index contributed by atoms with van der Waals surface area (Å²) in [6.07, 6.45) is 1.66. The van der Waals surface area contributed by atoms with Crippen molar-refractivity contribution >= 4 is 11.6 Å². The molecule has 130 valence electrons. The first-order chi connectivity index (χ1) is 12.3. The van der Waals surface area contributed by atoms with E-state index in [4.69, 9.17) is 25.5 Å². The smallest absolute Gasteiger partial charge is 0.180 e. The molecule has 3 rings (SSSR count). The van der Waals surface area contributed by atoms with E-state index >= 15 is 0 Å². The number of hydrogen-bond acceptors (Lipinski definition) is 4. The van der Waals surface area contributed by atoms with Gasteiger partial charge in [0.2, 0.25) is 0 Å². The predicted octanol–water partition coefficient (Wildman–Crippen LogP) is 4.81. The van der Waals surface area contributed by atoms with Crippen LogP contribution in [-0.4, -0.2) is 7.11 Å². The Morgan fingerprint density at radius 3 is 2.56 bits per heavy atom. The van der Waals surface area contributed by atoms with Gasteiger partial charge >= 0.3 is 0 Å². The Morgan fingerprint density at radius 1 is 1.00 bits per heavy atom. The van der Waals surface area contributed by atoms with Crippen LogP contribution >= 0.6 is 11.6 Å². The molecule has 0 aliphatic heterocycles. The summed E-state index contributed by atoms with van der Waals surface area (Å²) in [6.45, 7) is 1.74. The van der Waals surface area contributed by atoms with Crippen molar-refractivity contribution in [3.8, 4) is 11.5 Å². The molecule has 1 N–H and O–H groups in total. The molecule has 0 atom stereocenters. The standard InChI is InChI=1S/C20H20ClNO3/c1-23-19-11-16(12-22-13-17-8-5-9-24-17)10-18(21)20(19)25-14-15-6-3-2-4-7-15/h2-11,22H,12-14H2,1H3. The maximum absolute atomic E-state index is 6.41. The molecule has 0 saturated heterocycles. The van der Waals surface area contributed by atoms with Gasteiger partial charge in [-0.2, -0.15) is 0 Å². The SMILES string of the molecule is COc1cc(CNCc2ccco2)cc(Cl)c1OCc1ccccc1. The minimum absolute atomic E-state index is 0.438. The third kappa shape index (κ3) is 4.78. The van der Waals surface area contributed by atoms with Crippen LogP contribution in [0.15, 0.2) is 65.3 Å². The number of rotatable bonds is 8. The molecule has 0 radical (unpaired) electrons. The number of methoxy groups -OCH3 is 1. The molecule has 0 bridgehead atoms. The van der Waals surface area contributed by atoms with Crippen LogP contribution in [0.5, 0.6) is 11.5 Å². The Balaban J connectivity index is 1.65. The molecule has 1 heterocycles. The predicted molar refractivity (Wildman–Crippen MR) is 98.0 cm³/mol. The Bertz CT molecular complexity index is 788. The van der Waals surface area contributed by atoms with Crippen molar-refractivity contribution in [3.05, 3.63) is 82.8 Å². The average Bonchev–Trinajstić information content (AvgIpc) is 3.15. The highest BCUT2D eigenvalue weighted by atomic mass is 35.5. The van der Waals surface area contributed by atoms with Crippen molar-refractivity contribution < 1.29 is 13.9 Å². The first kappa shape index (κ1) is 17.4. The first-order valence-corrected chi connectivity index (χ1v) is 8.40. The molecule has 4 nitrogen and oxygen atoms in total. The zero-order valence-electron chi connectivity index (χ0n) is 14.0. The number of halogens is 1. The third-order valence-electron chi connectivity index (χ3n) is 3.72. The summed E-state index contributed by atoms with van der Waals surface area (Å²) in [4.78, 5) is 0. The molecule has 3 aromatic rings. The summed E-state index contributed by atoms with van der Waals surface area (Å²) >= 11 is 6.41. The number of ether oxygens (including phenoxy) is 2. The molecule has 2 aromatic carbocycles. The molecule has 5 heteroatoms. The van der Waals surface area contributed by atoms with E-state index in [-0.39, 0.29) is 0 Å². The lowest BCUT2D eigenvalue weighted by molar-refractivity contribution is 0.284. The Morgan fingerprint density at radius 2 is 1.84 bits per heavy atom. The molecule has 0 spiro atoms. The topological polar surface area (TPSA) is 43.6 Å². The summed E-state index contributed by atoms with van der Waals surface area (Å²) in [5.41, 5.74) is 2.09. The van der Waals surface area contributed by atoms with Gasteiger partial charge in [0.15, 0.2) is 11.5 Å². The maximum atomic E-state index is 6.41. The second kappa shape index (κ2) is 8.60. The van der Waals surface area contributed by atoms with Crippen LogP contribution in [0, 0.1) is 0 Å². The van der Waals surface area contributed by atoms with Crippen molar-refractivity contribution in [1.29, 1.82) is 0 Å². The summed E-state index contributed by atoms with van der Waals surface area (Å²) < 4.78 is 16.6. The van der Waals surface area contributed by atoms with E-state index < -0.39 is 0 Å². The highest BCUT2D eigenvalue weighted by Crippen LogP contribution is 2.37. The van der Waals surface area contributed by atoms with Gasteiger partial charge in [-0.05, 0) is 35.4 Å². The lowest BCUT2D eigenvalue weighted by atomic mass is 10.2. The van der Waals surface area contributed by atoms with Crippen molar-refractivity contribution in [1.82, 2.24) is 5.32 Å². The van der Waals surface area contributed by atoms with Crippen molar-refractivity contribution in [2.75, 3.05) is 7.11 Å². The van der Waals surface area contributed by atoms with Crippen molar-refractivity contribution in [2.24, 2.45) is 0 Å². The molecule has 0 aliphatic rings. The Labute approximate surface area is 152 Å². The van der Waals surface area contributed by atoms with Gasteiger partial charge in [-0.15, -0.1) is 0 Å². The molecule has 0 aliphatic carbocycles. The van der Waals surface area contributed by atoms with Crippen LogP contribution in [0.4, 0.5) is 0 Å². The maximum Gasteiger partial charge on any atom is 0.180 e. The lowest BCUT2D eigenvalue weighted by Gasteiger charge is -2.14. The number of hydrogen-bond donors (Lipinski definition) is 1. The van der Waals surface area contributed by atoms with E-state index in [1.165, 1.54) is 0 Å². The summed E-state index contributed by atoms with van der Waals surface area (Å²) in [5.74, 6) is 2.07. The van der Waals surface area contributed by atoms with E-state index in [0.717, 1.165) is 16.9 Å². The molecule has 1 aromatic heterocycles. The minimum atomic E-state index is 0.438. The molecule has 0 saturated carbocycles. The van der Waals surface area contributed by atoms with Gasteiger partial charge in [0.1, 0.15) is 12.4 Å². The van der Waals surface area contributed by atoms with Gasteiger partial charge < -0.3 is 19.2 Å². The van der Waals surface area contributed by atoms with E-state index in [2.05, 4.69) is 5.32 Å². The highest BCUT2D eigenvalue weighted by Gasteiger charge is 2.12. The van der Waals surface area contributed by atoms with Gasteiger partial charge in [-0.25, -0.2) is 0 Å². The molecule has 0 unspecified atom stereocenters. The largest absolute Gasteiger partial charge is 0.493 e. The van der Waals surface area contributed by atoms with E-state index in [1.54, 1.807) is 13.4 Å². The summed E-state index contributed by atoms with van der Waals surface area (Å²) in [7, 11) is 1.61. The number of benzene rings is 2. The van der Waals surface area contributed by atoms with Gasteiger partial charge in [0.05, 0.1) is 24.9 Å². The van der Waals surface area contributed by atoms with Crippen LogP contribution in [0.2, 0.25) is 5.02 Å². The van der Waals surface area contributed by atoms with Crippen molar-refractivity contribution in [2.45, 2.75) is 19.7 Å². The Kier molecular flexibility index (Phi) is 5.99. The van der Waals surface area contributed by atoms with E-state index in [9.17, 15) is 0 Å². The fourth-order valence-corrected chi connectivity index (χ4v) is 2.78. The highest BCUT2D eigenvalue weighted by molar-refractivity contribution is 6.32. The average molecular weight is 358 g/mol. The Hall–Kier alpha value is -2.43. The molecule has 0 fully saturated rings. The van der Waals surface area contributed by atoms with E-state index in [1.807, 2.05) is 54.6 Å². The lowest BCUT2D eigenvalue weighted by Crippen LogP contribution is -2.12. The molecule has 25 heavy (non-hydrogen) atoms. The fraction of sp³-hybridized carbons (Fsp3) is 0.200. The minimum Gasteiger partial charge on any atom is -0.493 e. The number of nitrogens with one attached hydrogen (secondary N) is 1. The summed E-state index contributed by atoms with van der Waals surface area (Å²) in [5, 5.41) is 3.84. The molecular formula is C20H20ClNO3. The molecular weight excluding hydrogens is 338 g/mol. The zero-order chi connectivity index (χ0) is 17.5. The second-order valence-electron chi connectivity index (χ2n) is 5.57. The van der Waals surface area contributed by atoms with Gasteiger partial charge in [-0.1, -0.05) is 41.9 Å². The van der Waals surface area contributed by atoms with Crippen molar-refractivity contribution in [3.63, 3.8) is 0 Å². The van der Waals surface area contributed by atoms with Crippen LogP contribution < -0.4 is 14.8 Å². The normalized spacial score (nSPS) is 10.6. The quantitative estimate of drug-likeness (QED) is 0.628. The first-order valence-electron chi connectivity index (χ1n) is 8.02. The van der Waals surface area contributed by atoms with Gasteiger partial charge in [0.25, 0.3) is 0 Å². The van der Waals surface area contributed by atoms with E-state index in [0.29, 0.717) is 36.2 Å². The van der Waals surface area contributed by atoms with Crippen LogP contribution in [0.3, 0.4) is 0 Å². The molecule has 0 amide bonds.